The number of hydrogen-bond acceptors (Lipinski definition) is 2. The van der Waals surface area contributed by atoms with Crippen molar-refractivity contribution in [2.75, 3.05) is 5.73 Å². The molecule has 0 radical (unpaired) electrons. The van der Waals surface area contributed by atoms with E-state index in [2.05, 4.69) is 4.98 Å². The Labute approximate surface area is 139 Å². The van der Waals surface area contributed by atoms with Crippen LogP contribution in [0.4, 0.5) is 18.9 Å². The minimum Gasteiger partial charge on any atom is -0.398 e. The van der Waals surface area contributed by atoms with Gasteiger partial charge in [0.2, 0.25) is 0 Å². The molecule has 0 aliphatic heterocycles. The fourth-order valence-corrected chi connectivity index (χ4v) is 2.42. The Morgan fingerprint density at radius 2 is 1.65 bits per heavy atom. The topological polar surface area (TPSA) is 58.9 Å². The number of benzene rings is 2. The van der Waals surface area contributed by atoms with Crippen LogP contribution in [0.3, 0.4) is 0 Å². The van der Waals surface area contributed by atoms with Crippen molar-refractivity contribution in [2.45, 2.75) is 6.18 Å². The smallest absolute Gasteiger partial charge is 0.398 e. The van der Waals surface area contributed by atoms with Gasteiger partial charge in [-0.2, -0.15) is 13.2 Å². The van der Waals surface area contributed by atoms with E-state index in [1.165, 1.54) is 24.3 Å². The third-order valence-corrected chi connectivity index (χ3v) is 3.44. The standard InChI is InChI=1S/C16H11F3N2O.BrH/c17-16(18,19)12-6-2-1-4-10(12)14-8-11-9(15(22)21-14)5-3-7-13(11)20;/h1-8H,20H2,(H,21,22);1H. The highest BCUT2D eigenvalue weighted by Crippen LogP contribution is 2.36. The number of alkyl halides is 3. The predicted octanol–water partition coefficient (Wildman–Crippen LogP) is 4.37. The minimum atomic E-state index is -4.51. The maximum atomic E-state index is 13.1. The van der Waals surface area contributed by atoms with Crippen LogP contribution in [0.25, 0.3) is 22.0 Å². The van der Waals surface area contributed by atoms with Crippen molar-refractivity contribution >= 4 is 33.4 Å². The number of aromatic amines is 1. The Hall–Kier alpha value is -2.28. The summed E-state index contributed by atoms with van der Waals surface area (Å²) in [7, 11) is 0. The number of fused-ring (bicyclic) bond motifs is 1. The molecule has 0 saturated heterocycles. The van der Waals surface area contributed by atoms with Gasteiger partial charge in [0.25, 0.3) is 5.56 Å². The first-order valence-electron chi connectivity index (χ1n) is 6.46. The highest BCUT2D eigenvalue weighted by atomic mass is 79.9. The Morgan fingerprint density at radius 3 is 2.35 bits per heavy atom. The summed E-state index contributed by atoms with van der Waals surface area (Å²) < 4.78 is 39.3. The van der Waals surface area contributed by atoms with Gasteiger partial charge in [-0.15, -0.1) is 17.0 Å². The molecule has 3 N–H and O–H groups in total. The zero-order chi connectivity index (χ0) is 15.9. The van der Waals surface area contributed by atoms with Crippen molar-refractivity contribution in [1.82, 2.24) is 4.98 Å². The Bertz CT molecular complexity index is 919. The molecule has 23 heavy (non-hydrogen) atoms. The molecule has 0 bridgehead atoms. The van der Waals surface area contributed by atoms with Gasteiger partial charge in [-0.3, -0.25) is 4.79 Å². The van der Waals surface area contributed by atoms with Crippen LogP contribution in [0.2, 0.25) is 0 Å². The van der Waals surface area contributed by atoms with Gasteiger partial charge in [0.1, 0.15) is 0 Å². The van der Waals surface area contributed by atoms with E-state index in [1.54, 1.807) is 18.2 Å². The molecule has 0 aliphatic rings. The Morgan fingerprint density at radius 1 is 0.957 bits per heavy atom. The molecule has 7 heteroatoms. The van der Waals surface area contributed by atoms with Crippen LogP contribution in [0, 0.1) is 0 Å². The lowest BCUT2D eigenvalue weighted by Crippen LogP contribution is -2.11. The van der Waals surface area contributed by atoms with E-state index in [-0.39, 0.29) is 28.2 Å². The number of H-pyrrole nitrogens is 1. The van der Waals surface area contributed by atoms with Crippen LogP contribution in [0.5, 0.6) is 0 Å². The van der Waals surface area contributed by atoms with Gasteiger partial charge in [0.05, 0.1) is 5.56 Å². The molecule has 0 atom stereocenters. The maximum absolute atomic E-state index is 13.1. The number of nitrogens with one attached hydrogen (secondary N) is 1. The first kappa shape index (κ1) is 17.1. The van der Waals surface area contributed by atoms with Gasteiger partial charge >= 0.3 is 6.18 Å². The van der Waals surface area contributed by atoms with Crippen molar-refractivity contribution in [3.63, 3.8) is 0 Å². The SMILES string of the molecule is Br.Nc1cccc2c(=O)[nH]c(-c3ccccc3C(F)(F)F)cc12. The van der Waals surface area contributed by atoms with Crippen LogP contribution in [-0.4, -0.2) is 4.98 Å². The molecule has 0 aliphatic carbocycles. The van der Waals surface area contributed by atoms with Gasteiger partial charge in [-0.1, -0.05) is 24.3 Å². The summed E-state index contributed by atoms with van der Waals surface area (Å²) >= 11 is 0. The summed E-state index contributed by atoms with van der Waals surface area (Å²) in [5.74, 6) is 0. The molecule has 2 aromatic carbocycles. The average Bonchev–Trinajstić information content (AvgIpc) is 2.47. The fraction of sp³-hybridized carbons (Fsp3) is 0.0625. The molecule has 0 unspecified atom stereocenters. The molecule has 1 heterocycles. The van der Waals surface area contributed by atoms with Crippen molar-refractivity contribution in [3.8, 4) is 11.3 Å². The van der Waals surface area contributed by atoms with Crippen LogP contribution in [0.15, 0.2) is 53.3 Å². The number of halogens is 4. The first-order valence-corrected chi connectivity index (χ1v) is 6.46. The van der Waals surface area contributed by atoms with Gasteiger partial charge in [-0.05, 0) is 24.3 Å². The number of aromatic nitrogens is 1. The van der Waals surface area contributed by atoms with E-state index < -0.39 is 17.3 Å². The maximum Gasteiger partial charge on any atom is 0.417 e. The number of anilines is 1. The zero-order valence-electron chi connectivity index (χ0n) is 11.6. The van der Waals surface area contributed by atoms with Crippen LogP contribution >= 0.6 is 17.0 Å². The van der Waals surface area contributed by atoms with Crippen molar-refractivity contribution < 1.29 is 13.2 Å². The number of hydrogen-bond donors (Lipinski definition) is 2. The summed E-state index contributed by atoms with van der Waals surface area (Å²) in [4.78, 5) is 14.6. The van der Waals surface area contributed by atoms with E-state index in [0.717, 1.165) is 6.07 Å². The molecule has 0 saturated carbocycles. The van der Waals surface area contributed by atoms with Gasteiger partial charge in [0.15, 0.2) is 0 Å². The minimum absolute atomic E-state index is 0. The molecule has 120 valence electrons. The third kappa shape index (κ3) is 3.10. The van der Waals surface area contributed by atoms with Gasteiger partial charge in [0, 0.05) is 27.7 Å². The fourth-order valence-electron chi connectivity index (χ4n) is 2.42. The number of nitrogens with two attached hydrogens (primary N) is 1. The van der Waals surface area contributed by atoms with Crippen LogP contribution in [0.1, 0.15) is 5.56 Å². The summed E-state index contributed by atoms with van der Waals surface area (Å²) in [5, 5.41) is 0.770. The second kappa shape index (κ2) is 6.08. The molecule has 0 amide bonds. The number of pyridine rings is 1. The van der Waals surface area contributed by atoms with E-state index >= 15 is 0 Å². The molecule has 1 aromatic heterocycles. The molecule has 0 fully saturated rings. The largest absolute Gasteiger partial charge is 0.417 e. The summed E-state index contributed by atoms with van der Waals surface area (Å²) in [6, 6.07) is 11.4. The molecular formula is C16H12BrF3N2O. The summed E-state index contributed by atoms with van der Waals surface area (Å²) in [5.41, 5.74) is 4.88. The molecule has 3 nitrogen and oxygen atoms in total. The van der Waals surface area contributed by atoms with E-state index in [9.17, 15) is 18.0 Å². The lowest BCUT2D eigenvalue weighted by atomic mass is 10.0. The average molecular weight is 385 g/mol. The quantitative estimate of drug-likeness (QED) is 0.611. The first-order chi connectivity index (χ1) is 10.4. The highest BCUT2D eigenvalue weighted by Gasteiger charge is 2.33. The molecule has 0 spiro atoms. The van der Waals surface area contributed by atoms with Crippen molar-refractivity contribution in [3.05, 3.63) is 64.4 Å². The van der Waals surface area contributed by atoms with Gasteiger partial charge in [-0.25, -0.2) is 0 Å². The lowest BCUT2D eigenvalue weighted by Gasteiger charge is -2.13. The van der Waals surface area contributed by atoms with Crippen LogP contribution in [-0.2, 0) is 6.18 Å². The van der Waals surface area contributed by atoms with Gasteiger partial charge < -0.3 is 10.7 Å². The highest BCUT2D eigenvalue weighted by molar-refractivity contribution is 8.93. The second-order valence-electron chi connectivity index (χ2n) is 4.86. The summed E-state index contributed by atoms with van der Waals surface area (Å²) in [6.45, 7) is 0. The monoisotopic (exact) mass is 384 g/mol. The second-order valence-corrected chi connectivity index (χ2v) is 4.86. The van der Waals surface area contributed by atoms with E-state index in [0.29, 0.717) is 16.5 Å². The van der Waals surface area contributed by atoms with Crippen molar-refractivity contribution in [2.24, 2.45) is 0 Å². The molecule has 3 aromatic rings. The number of nitrogen functional groups attached to an aromatic ring is 1. The lowest BCUT2D eigenvalue weighted by molar-refractivity contribution is -0.137. The van der Waals surface area contributed by atoms with Crippen LogP contribution < -0.4 is 11.3 Å². The Balaban J connectivity index is 0.00000192. The molecule has 3 rings (SSSR count). The van der Waals surface area contributed by atoms with E-state index in [4.69, 9.17) is 5.73 Å². The molecular weight excluding hydrogens is 373 g/mol. The normalized spacial score (nSPS) is 11.3. The summed E-state index contributed by atoms with van der Waals surface area (Å²) in [6.07, 6.45) is -4.51. The number of rotatable bonds is 1. The van der Waals surface area contributed by atoms with Crippen molar-refractivity contribution in [1.29, 1.82) is 0 Å². The Kier molecular flexibility index (Phi) is 4.51. The third-order valence-electron chi connectivity index (χ3n) is 3.44. The van der Waals surface area contributed by atoms with E-state index in [1.807, 2.05) is 0 Å². The predicted molar refractivity (Wildman–Crippen MR) is 89.7 cm³/mol. The zero-order valence-corrected chi connectivity index (χ0v) is 13.4.